The molecule has 0 spiro atoms. The van der Waals surface area contributed by atoms with Crippen LogP contribution in [0.1, 0.15) is 0 Å². The van der Waals surface area contributed by atoms with E-state index in [-0.39, 0.29) is 214 Å². The molecule has 0 rings (SSSR count). The van der Waals surface area contributed by atoms with Gasteiger partial charge in [0.25, 0.3) is 0 Å². The van der Waals surface area contributed by atoms with Gasteiger partial charge < -0.3 is 0 Å². The van der Waals surface area contributed by atoms with Crippen LogP contribution in [0.3, 0.4) is 0 Å². The monoisotopic (exact) mass is 1120 g/mol. The molecule has 88 valence electrons. The fourth-order valence-electron chi connectivity index (χ4n) is 0. The Kier molecular flexibility index (Phi) is 884. The molecule has 11 heteroatoms. The van der Waals surface area contributed by atoms with Crippen LogP contribution < -0.4 is 0 Å². The molecule has 0 amide bonds. The van der Waals surface area contributed by atoms with Crippen LogP contribution in [-0.4, -0.2) is 0 Å². The summed E-state index contributed by atoms with van der Waals surface area (Å²) in [4.78, 5) is 0. The van der Waals surface area contributed by atoms with Gasteiger partial charge in [0.1, 0.15) is 0 Å². The maximum atomic E-state index is 0. The van der Waals surface area contributed by atoms with Crippen molar-refractivity contribution in [3.8, 4) is 0 Å². The fraction of sp³-hybridized carbons (Fsp3) is 0. The molecular formula is Ru11. The third-order valence-electron chi connectivity index (χ3n) is 0. The van der Waals surface area contributed by atoms with E-state index in [1.165, 1.54) is 0 Å². The zero-order valence-corrected chi connectivity index (χ0v) is 23.0. The van der Waals surface area contributed by atoms with Gasteiger partial charge in [-0.1, -0.05) is 0 Å². The molecular weight excluding hydrogens is 1110 g/mol. The van der Waals surface area contributed by atoms with Gasteiger partial charge >= 0.3 is 0 Å². The average molecular weight is 1110 g/mol. The molecule has 0 nitrogen and oxygen atoms in total. The average Bonchev–Trinajstić information content (AvgIpc) is 0. The number of rotatable bonds is 0. The Morgan fingerprint density at radius 1 is 0.0909 bits per heavy atom. The zero-order chi connectivity index (χ0) is 0. The van der Waals surface area contributed by atoms with Crippen molar-refractivity contribution in [3.63, 3.8) is 0 Å². The molecule has 0 unspecified atom stereocenters. The van der Waals surface area contributed by atoms with E-state index in [1.54, 1.807) is 0 Å². The van der Waals surface area contributed by atoms with Crippen molar-refractivity contribution in [3.05, 3.63) is 0 Å². The van der Waals surface area contributed by atoms with Crippen LogP contribution in [0.15, 0.2) is 0 Å². The molecule has 0 fully saturated rings. The summed E-state index contributed by atoms with van der Waals surface area (Å²) in [5.41, 5.74) is 0. The minimum absolute atomic E-state index is 0. The van der Waals surface area contributed by atoms with Gasteiger partial charge in [-0.2, -0.15) is 0 Å². The summed E-state index contributed by atoms with van der Waals surface area (Å²) in [7, 11) is 0. The second-order valence-corrected chi connectivity index (χ2v) is 0. The van der Waals surface area contributed by atoms with E-state index >= 15 is 0 Å². The first-order chi connectivity index (χ1) is 0. The van der Waals surface area contributed by atoms with Gasteiger partial charge in [-0.15, -0.1) is 0 Å². The first kappa shape index (κ1) is 108. The van der Waals surface area contributed by atoms with E-state index in [2.05, 4.69) is 0 Å². The summed E-state index contributed by atoms with van der Waals surface area (Å²) in [6.07, 6.45) is 0. The Hall–Kier alpha value is 6.86. The first-order valence-corrected chi connectivity index (χ1v) is 0. The predicted molar refractivity (Wildman–Crippen MR) is 0 cm³/mol. The molecule has 0 aliphatic carbocycles. The van der Waals surface area contributed by atoms with Gasteiger partial charge in [-0.25, -0.2) is 0 Å². The quantitative estimate of drug-likeness (QED) is 0.300. The van der Waals surface area contributed by atoms with Crippen LogP contribution in [0.2, 0.25) is 0 Å². The topological polar surface area (TPSA) is 0 Å². The predicted octanol–water partition coefficient (Wildman–Crippen LogP) is -0.0275. The second-order valence-electron chi connectivity index (χ2n) is 0. The van der Waals surface area contributed by atoms with Crippen molar-refractivity contribution in [2.45, 2.75) is 0 Å². The van der Waals surface area contributed by atoms with Crippen molar-refractivity contribution in [1.29, 1.82) is 0 Å². The summed E-state index contributed by atoms with van der Waals surface area (Å²) >= 11 is 0. The smallest absolute Gasteiger partial charge is 0 e. The SMILES string of the molecule is [Ru].[Ru].[Ru].[Ru].[Ru].[Ru].[Ru].[Ru].[Ru].[Ru].[Ru]. The molecule has 0 saturated carbocycles. The van der Waals surface area contributed by atoms with Crippen molar-refractivity contribution in [2.75, 3.05) is 0 Å². The van der Waals surface area contributed by atoms with Crippen LogP contribution in [0.25, 0.3) is 0 Å². The van der Waals surface area contributed by atoms with E-state index in [9.17, 15) is 0 Å². The van der Waals surface area contributed by atoms with Crippen LogP contribution in [0.5, 0.6) is 0 Å². The Morgan fingerprint density at radius 2 is 0.0909 bits per heavy atom. The minimum Gasteiger partial charge on any atom is 0 e. The summed E-state index contributed by atoms with van der Waals surface area (Å²) in [6.45, 7) is 0. The Bertz CT molecular complexity index is 0. The van der Waals surface area contributed by atoms with Crippen LogP contribution in [0.4, 0.5) is 0 Å². The molecule has 0 heterocycles. The molecule has 0 aromatic heterocycles. The van der Waals surface area contributed by atoms with Crippen molar-refractivity contribution < 1.29 is 214 Å². The van der Waals surface area contributed by atoms with Gasteiger partial charge in [0.15, 0.2) is 0 Å². The molecule has 0 radical (unpaired) electrons. The summed E-state index contributed by atoms with van der Waals surface area (Å²) in [5, 5.41) is 0. The zero-order valence-electron chi connectivity index (χ0n) is 3.89. The largest absolute Gasteiger partial charge is 0 e. The van der Waals surface area contributed by atoms with E-state index in [0.29, 0.717) is 0 Å². The van der Waals surface area contributed by atoms with Crippen LogP contribution >= 0.6 is 0 Å². The van der Waals surface area contributed by atoms with Crippen LogP contribution in [0, 0.1) is 0 Å². The van der Waals surface area contributed by atoms with Gasteiger partial charge in [0, 0.05) is 214 Å². The van der Waals surface area contributed by atoms with E-state index in [1.807, 2.05) is 0 Å². The molecule has 0 saturated heterocycles. The van der Waals surface area contributed by atoms with E-state index < -0.39 is 0 Å². The molecule has 0 N–H and O–H groups in total. The summed E-state index contributed by atoms with van der Waals surface area (Å²) in [6, 6.07) is 0. The van der Waals surface area contributed by atoms with E-state index in [0.717, 1.165) is 0 Å². The normalized spacial score (nSPS) is 0. The van der Waals surface area contributed by atoms with Gasteiger partial charge in [-0.3, -0.25) is 0 Å². The standard InChI is InChI=1S/11Ru. The summed E-state index contributed by atoms with van der Waals surface area (Å²) < 4.78 is 0. The minimum atomic E-state index is 0. The van der Waals surface area contributed by atoms with Gasteiger partial charge in [-0.05, 0) is 0 Å². The number of hydrogen-bond donors (Lipinski definition) is 0. The Morgan fingerprint density at radius 3 is 0.0909 bits per heavy atom. The molecule has 0 aromatic carbocycles. The first-order valence-electron chi connectivity index (χ1n) is 0. The summed E-state index contributed by atoms with van der Waals surface area (Å²) in [5.74, 6) is 0. The molecule has 11 heavy (non-hydrogen) atoms. The molecule has 0 aromatic rings. The third kappa shape index (κ3) is 79.1. The Balaban J connectivity index is 0. The molecule has 0 aliphatic heterocycles. The van der Waals surface area contributed by atoms with Crippen molar-refractivity contribution >= 4 is 0 Å². The second kappa shape index (κ2) is 90.1. The molecule has 0 atom stereocenters. The Labute approximate surface area is 209 Å². The van der Waals surface area contributed by atoms with Gasteiger partial charge in [0.05, 0.1) is 0 Å². The van der Waals surface area contributed by atoms with Gasteiger partial charge in [0.2, 0.25) is 0 Å². The fourth-order valence-corrected chi connectivity index (χ4v) is 0. The molecule has 0 aliphatic rings. The molecule has 0 bridgehead atoms. The maximum absolute atomic E-state index is 0. The number of hydrogen-bond acceptors (Lipinski definition) is 0. The maximum Gasteiger partial charge on any atom is 0 e. The third-order valence-corrected chi connectivity index (χ3v) is 0. The van der Waals surface area contributed by atoms with E-state index in [4.69, 9.17) is 0 Å². The van der Waals surface area contributed by atoms with Crippen molar-refractivity contribution in [2.24, 2.45) is 0 Å². The van der Waals surface area contributed by atoms with Crippen molar-refractivity contribution in [1.82, 2.24) is 0 Å². The van der Waals surface area contributed by atoms with Crippen LogP contribution in [-0.2, 0) is 214 Å².